The number of nitrogens with one attached hydrogen (secondary N) is 3. The third kappa shape index (κ3) is 11.5. The van der Waals surface area contributed by atoms with Gasteiger partial charge in [0, 0.05) is 143 Å². The highest BCUT2D eigenvalue weighted by atomic mass is 35.5. The number of nitrogens with zero attached hydrogens (tertiary/aromatic N) is 8. The van der Waals surface area contributed by atoms with Gasteiger partial charge in [-0.05, 0) is 99.2 Å². The third-order valence-corrected chi connectivity index (χ3v) is 16.4. The summed E-state index contributed by atoms with van der Waals surface area (Å²) in [5.74, 6) is 3.87. The smallest absolute Gasteiger partial charge is 0.251 e. The Kier molecular flexibility index (Phi) is 16.3. The number of piperazine rings is 1. The van der Waals surface area contributed by atoms with E-state index in [4.69, 9.17) is 26.1 Å². The largest absolute Gasteiger partial charge is 0.489 e. The van der Waals surface area contributed by atoms with Crippen LogP contribution in [0.3, 0.4) is 0 Å². The predicted molar refractivity (Wildman–Crippen MR) is 289 cm³/mol. The molecular weight excluding hydrogens is 926 g/mol. The summed E-state index contributed by atoms with van der Waals surface area (Å²) in [4.78, 5) is 33.4. The topological polar surface area (TPSA) is 148 Å². The zero-order valence-corrected chi connectivity index (χ0v) is 44.3. The van der Waals surface area contributed by atoms with Crippen LogP contribution >= 0.6 is 11.6 Å². The molecule has 72 heavy (non-hydrogen) atoms. The lowest BCUT2D eigenvalue weighted by molar-refractivity contribution is -0.164. The summed E-state index contributed by atoms with van der Waals surface area (Å²) in [6.07, 6.45) is 12.0. The first-order valence-electron chi connectivity index (χ1n) is 26.7. The van der Waals surface area contributed by atoms with E-state index < -0.39 is 0 Å². The van der Waals surface area contributed by atoms with Crippen molar-refractivity contribution in [1.29, 1.82) is 0 Å². The molecule has 0 spiro atoms. The Balaban J connectivity index is 0.658. The molecule has 9 rings (SSSR count). The summed E-state index contributed by atoms with van der Waals surface area (Å²) < 4.78 is 14.5. The van der Waals surface area contributed by atoms with E-state index in [1.165, 1.54) is 31.5 Å². The van der Waals surface area contributed by atoms with Gasteiger partial charge in [-0.1, -0.05) is 52.3 Å². The molecule has 3 saturated heterocycles. The second-order valence-electron chi connectivity index (χ2n) is 21.7. The maximum absolute atomic E-state index is 13.6. The van der Waals surface area contributed by atoms with E-state index in [1.807, 2.05) is 60.4 Å². The first-order chi connectivity index (χ1) is 34.8. The van der Waals surface area contributed by atoms with Gasteiger partial charge in [-0.3, -0.25) is 4.79 Å². The van der Waals surface area contributed by atoms with E-state index >= 15 is 0 Å². The lowest BCUT2D eigenvalue weighted by atomic mass is 9.49. The van der Waals surface area contributed by atoms with Crippen LogP contribution in [0.2, 0.25) is 5.02 Å². The molecule has 3 aromatic heterocycles. The minimum atomic E-state index is -0.279. The molecule has 4 fully saturated rings. The van der Waals surface area contributed by atoms with E-state index in [0.717, 1.165) is 124 Å². The van der Waals surface area contributed by atoms with Crippen LogP contribution in [0.15, 0.2) is 73.1 Å². The summed E-state index contributed by atoms with van der Waals surface area (Å²) in [6, 6.07) is 20.3. The van der Waals surface area contributed by atoms with Gasteiger partial charge < -0.3 is 50.1 Å². The van der Waals surface area contributed by atoms with Gasteiger partial charge in [0.1, 0.15) is 23.5 Å². The number of amides is 1. The number of carbonyl (C=O) groups excluding carboxylic acids is 1. The summed E-state index contributed by atoms with van der Waals surface area (Å²) in [5, 5.41) is 25.1. The summed E-state index contributed by atoms with van der Waals surface area (Å²) >= 11 is 6.44. The Hall–Kier alpha value is -5.35. The number of hydrogen-bond donors (Lipinski definition) is 4. The second kappa shape index (κ2) is 22.8. The number of carbonyl (C=O) groups is 1. The van der Waals surface area contributed by atoms with Crippen molar-refractivity contribution in [3.05, 3.63) is 94.8 Å². The van der Waals surface area contributed by atoms with Crippen LogP contribution in [0.25, 0.3) is 5.65 Å². The average Bonchev–Trinajstić information content (AvgIpc) is 3.82. The highest BCUT2D eigenvalue weighted by Crippen LogP contribution is 2.55. The van der Waals surface area contributed by atoms with Gasteiger partial charge >= 0.3 is 0 Å². The van der Waals surface area contributed by atoms with Gasteiger partial charge in [0.05, 0.1) is 23.5 Å². The Labute approximate surface area is 432 Å². The number of aromatic nitrogens is 4. The fourth-order valence-corrected chi connectivity index (χ4v) is 12.5. The molecule has 0 radical (unpaired) electrons. The number of anilines is 4. The molecule has 4 aliphatic rings. The van der Waals surface area contributed by atoms with Crippen molar-refractivity contribution in [2.45, 2.75) is 111 Å². The molecule has 1 atom stereocenters. The Bertz CT molecular complexity index is 2560. The van der Waals surface area contributed by atoms with Crippen molar-refractivity contribution in [3.63, 3.8) is 0 Å². The van der Waals surface area contributed by atoms with Gasteiger partial charge in [-0.2, -0.15) is 9.61 Å². The summed E-state index contributed by atoms with van der Waals surface area (Å²) in [5.41, 5.74) is 5.22. The van der Waals surface area contributed by atoms with E-state index in [1.54, 1.807) is 0 Å². The van der Waals surface area contributed by atoms with Crippen LogP contribution in [0, 0.1) is 16.7 Å². The molecule has 1 amide bonds. The maximum Gasteiger partial charge on any atom is 0.251 e. The number of aliphatic hydroxyl groups excluding tert-OH is 1. The molecule has 0 bridgehead atoms. The SMILES string of the molecule is CCc1cnn2c(NCc3ccc(OCCCN4CCN(CC5CCN(c6ccc(C(=O)NC7C(C)(C)C(Oc8ccc(NC)c(Cl)c8)C7(C)C)cc6)CC5)CC4)nc3)cc(N3CCCC[C@@H]3CCO)nc12. The number of halogens is 1. The van der Waals surface area contributed by atoms with Crippen molar-refractivity contribution < 1.29 is 19.4 Å². The number of aryl methyl sites for hydroxylation is 1. The van der Waals surface area contributed by atoms with Crippen LogP contribution in [-0.2, 0) is 13.0 Å². The van der Waals surface area contributed by atoms with Crippen LogP contribution in [0.1, 0.15) is 101 Å². The molecule has 1 aliphatic carbocycles. The molecule has 0 unspecified atom stereocenters. The van der Waals surface area contributed by atoms with Crippen LogP contribution < -0.4 is 35.2 Å². The third-order valence-electron chi connectivity index (χ3n) is 16.1. The van der Waals surface area contributed by atoms with Gasteiger partial charge in [0.25, 0.3) is 5.91 Å². The van der Waals surface area contributed by atoms with Crippen LogP contribution in [0.4, 0.5) is 23.0 Å². The zero-order chi connectivity index (χ0) is 50.4. The molecule has 5 aromatic rings. The number of ether oxygens (including phenoxy) is 2. The number of aliphatic hydroxyl groups is 1. The van der Waals surface area contributed by atoms with Crippen molar-refractivity contribution in [3.8, 4) is 11.6 Å². The fourth-order valence-electron chi connectivity index (χ4n) is 12.2. The first-order valence-corrected chi connectivity index (χ1v) is 27.0. The lowest BCUT2D eigenvalue weighted by Crippen LogP contribution is -2.74. The summed E-state index contributed by atoms with van der Waals surface area (Å²) in [7, 11) is 1.85. The minimum absolute atomic E-state index is 0.0511. The Morgan fingerprint density at radius 3 is 2.35 bits per heavy atom. The molecule has 1 saturated carbocycles. The average molecular weight is 1000 g/mol. The molecule has 3 aliphatic heterocycles. The zero-order valence-electron chi connectivity index (χ0n) is 43.5. The van der Waals surface area contributed by atoms with Gasteiger partial charge in [0.2, 0.25) is 5.88 Å². The number of fused-ring (bicyclic) bond motifs is 1. The summed E-state index contributed by atoms with van der Waals surface area (Å²) in [6.45, 7) is 21.8. The molecule has 16 heteroatoms. The van der Waals surface area contributed by atoms with Crippen molar-refractivity contribution in [2.24, 2.45) is 16.7 Å². The van der Waals surface area contributed by atoms with Crippen molar-refractivity contribution >= 4 is 46.2 Å². The van der Waals surface area contributed by atoms with E-state index in [9.17, 15) is 9.90 Å². The van der Waals surface area contributed by atoms with Gasteiger partial charge in [-0.15, -0.1) is 0 Å². The van der Waals surface area contributed by atoms with Crippen LogP contribution in [0.5, 0.6) is 11.6 Å². The molecule has 2 aromatic carbocycles. The second-order valence-corrected chi connectivity index (χ2v) is 22.1. The van der Waals surface area contributed by atoms with E-state index in [-0.39, 0.29) is 35.5 Å². The minimum Gasteiger partial charge on any atom is -0.489 e. The highest BCUT2D eigenvalue weighted by molar-refractivity contribution is 6.33. The number of piperidine rings is 2. The standard InChI is InChI=1S/C56H78ClN11O4/c1-7-41-37-61-68-48(34-49(62-51(41)68)67-24-9-8-11-44(67)22-31-69)59-35-40-12-19-50(60-36-40)71-32-10-23-64-27-29-65(30-28-64)38-39-20-25-66(26-21-39)43-15-13-42(14-16-43)52(70)63-53-55(2,3)54(56(53,4)5)72-45-17-18-47(58-6)46(57)33-45/h12-19,33-34,36-37,39,44,53-54,58-59,69H,7-11,20-32,35,38H2,1-6H3,(H,63,70)/t44-,53?,54?/m1/s1. The molecule has 15 nitrogen and oxygen atoms in total. The van der Waals surface area contributed by atoms with Gasteiger partial charge in [0.15, 0.2) is 5.65 Å². The maximum atomic E-state index is 13.6. The van der Waals surface area contributed by atoms with E-state index in [0.29, 0.717) is 41.6 Å². The Morgan fingerprint density at radius 2 is 1.65 bits per heavy atom. The highest BCUT2D eigenvalue weighted by Gasteiger charge is 2.64. The number of hydrogen-bond acceptors (Lipinski definition) is 13. The normalized spacial score (nSPS) is 21.6. The number of pyridine rings is 1. The fraction of sp³-hybridized carbons (Fsp3) is 0.571. The lowest BCUT2D eigenvalue weighted by Gasteiger charge is -2.63. The number of benzene rings is 2. The predicted octanol–water partition coefficient (Wildman–Crippen LogP) is 8.65. The van der Waals surface area contributed by atoms with Crippen molar-refractivity contribution in [2.75, 3.05) is 99.6 Å². The molecule has 388 valence electrons. The van der Waals surface area contributed by atoms with Crippen LogP contribution in [-0.4, -0.2) is 138 Å². The Morgan fingerprint density at radius 1 is 0.889 bits per heavy atom. The first kappa shape index (κ1) is 51.5. The molecule has 4 N–H and O–H groups in total. The van der Waals surface area contributed by atoms with E-state index in [2.05, 4.69) is 105 Å². The number of rotatable bonds is 20. The molecule has 6 heterocycles. The quantitative estimate of drug-likeness (QED) is 0.0552. The monoisotopic (exact) mass is 1000 g/mol. The van der Waals surface area contributed by atoms with Crippen molar-refractivity contribution in [1.82, 2.24) is 34.7 Å². The van der Waals surface area contributed by atoms with Gasteiger partial charge in [-0.25, -0.2) is 9.97 Å². The molecular formula is C56H78ClN11O4.